The number of nitrogens with one attached hydrogen (secondary N) is 1. The van der Waals surface area contributed by atoms with Crippen molar-refractivity contribution in [2.45, 2.75) is 69.4 Å². The van der Waals surface area contributed by atoms with Crippen LogP contribution in [-0.4, -0.2) is 104 Å². The first kappa shape index (κ1) is 34.9. The molecule has 1 aliphatic rings. The summed E-state index contributed by atoms with van der Waals surface area (Å²) in [7, 11) is 0. The van der Waals surface area contributed by atoms with Crippen molar-refractivity contribution in [2.24, 2.45) is 0 Å². The normalized spacial score (nSPS) is 21.2. The summed E-state index contributed by atoms with van der Waals surface area (Å²) in [5.74, 6) is -3.28. The Morgan fingerprint density at radius 3 is 2.48 bits per heavy atom. The number of benzene rings is 1. The first-order valence-corrected chi connectivity index (χ1v) is 15.3. The van der Waals surface area contributed by atoms with E-state index in [0.717, 1.165) is 0 Å². The Morgan fingerprint density at radius 2 is 1.85 bits per heavy atom. The van der Waals surface area contributed by atoms with Crippen LogP contribution in [0.15, 0.2) is 53.7 Å². The molecule has 1 saturated heterocycles. The zero-order valence-corrected chi connectivity index (χ0v) is 26.9. The van der Waals surface area contributed by atoms with E-state index in [2.05, 4.69) is 20.3 Å². The molecule has 17 heteroatoms. The third-order valence-electron chi connectivity index (χ3n) is 8.17. The molecule has 0 spiro atoms. The number of carboxylic acids is 2. The van der Waals surface area contributed by atoms with Crippen LogP contribution in [0.3, 0.4) is 0 Å². The Balaban J connectivity index is 1.38. The summed E-state index contributed by atoms with van der Waals surface area (Å²) in [5, 5.41) is 54.9. The highest BCUT2D eigenvalue weighted by Crippen LogP contribution is 2.39. The molecule has 0 aliphatic carbocycles. The number of imidazole rings is 1. The molecule has 256 valence electrons. The molecule has 0 bridgehead atoms. The van der Waals surface area contributed by atoms with Crippen LogP contribution in [0.5, 0.6) is 0 Å². The fourth-order valence-electron chi connectivity index (χ4n) is 5.50. The van der Waals surface area contributed by atoms with Crippen LogP contribution < -0.4 is 10.9 Å². The van der Waals surface area contributed by atoms with Gasteiger partial charge in [0.25, 0.3) is 11.2 Å². The van der Waals surface area contributed by atoms with Crippen molar-refractivity contribution in [3.8, 4) is 11.1 Å². The lowest BCUT2D eigenvalue weighted by atomic mass is 9.92. The zero-order valence-electron chi connectivity index (χ0n) is 26.1. The third-order valence-corrected chi connectivity index (χ3v) is 8.34. The van der Waals surface area contributed by atoms with Crippen LogP contribution in [0.2, 0.25) is 5.28 Å². The standard InChI is InChI=1S/C31H35ClN6O10/c1-16(2)34-23-21-24(36-29(32)35-23)38(15-33-21)26-22(40)30(3,46)20(48-26)14-47-31(27(42)43,28(44)45)13-17-6-8-18(9-7-17)19-5-4-10-37(11-12-39)25(19)41/h4-10,15-16,20,22,26,39-40,46H,11-14H2,1-3H3,(H,42,43)(H,44,45)(H,34,35,36)/t20-,22+,26-,30-/m1/s1. The number of ether oxygens (including phenoxy) is 2. The van der Waals surface area contributed by atoms with E-state index in [1.54, 1.807) is 24.3 Å². The molecule has 4 atom stereocenters. The van der Waals surface area contributed by atoms with E-state index in [-0.39, 0.29) is 41.2 Å². The molecule has 0 unspecified atom stereocenters. The monoisotopic (exact) mass is 686 g/mol. The van der Waals surface area contributed by atoms with Crippen molar-refractivity contribution < 1.29 is 44.6 Å². The van der Waals surface area contributed by atoms with Gasteiger partial charge in [-0.1, -0.05) is 24.3 Å². The first-order valence-electron chi connectivity index (χ1n) is 14.9. The maximum absolute atomic E-state index is 12.8. The number of fused-ring (bicyclic) bond motifs is 1. The molecule has 4 heterocycles. The fraction of sp³-hybridized carbons (Fsp3) is 0.419. The molecule has 1 aromatic carbocycles. The van der Waals surface area contributed by atoms with Gasteiger partial charge in [0.05, 0.1) is 19.5 Å². The van der Waals surface area contributed by atoms with E-state index in [9.17, 15) is 39.9 Å². The van der Waals surface area contributed by atoms with Crippen molar-refractivity contribution in [3.05, 3.63) is 70.1 Å². The van der Waals surface area contributed by atoms with Crippen molar-refractivity contribution in [1.82, 2.24) is 24.1 Å². The molecular weight excluding hydrogens is 652 g/mol. The third kappa shape index (κ3) is 6.50. The minimum atomic E-state index is -2.82. The van der Waals surface area contributed by atoms with Gasteiger partial charge >= 0.3 is 11.9 Å². The molecule has 0 radical (unpaired) electrons. The van der Waals surface area contributed by atoms with Gasteiger partial charge in [0.1, 0.15) is 17.8 Å². The van der Waals surface area contributed by atoms with Gasteiger partial charge in [-0.3, -0.25) is 9.36 Å². The molecule has 1 fully saturated rings. The number of aliphatic hydroxyl groups is 3. The van der Waals surface area contributed by atoms with E-state index >= 15 is 0 Å². The molecule has 16 nitrogen and oxygen atoms in total. The number of anilines is 1. The summed E-state index contributed by atoms with van der Waals surface area (Å²) < 4.78 is 14.2. The van der Waals surface area contributed by atoms with Crippen molar-refractivity contribution in [2.75, 3.05) is 18.5 Å². The summed E-state index contributed by atoms with van der Waals surface area (Å²) in [6.07, 6.45) is -2.09. The Morgan fingerprint density at radius 1 is 1.17 bits per heavy atom. The first-order chi connectivity index (χ1) is 22.7. The van der Waals surface area contributed by atoms with Crippen LogP contribution >= 0.6 is 11.6 Å². The average molecular weight is 687 g/mol. The fourth-order valence-corrected chi connectivity index (χ4v) is 5.67. The van der Waals surface area contributed by atoms with Gasteiger partial charge in [-0.15, -0.1) is 0 Å². The van der Waals surface area contributed by atoms with Crippen LogP contribution in [-0.2, 0) is 32.0 Å². The molecule has 5 rings (SSSR count). The van der Waals surface area contributed by atoms with Crippen molar-refractivity contribution in [3.63, 3.8) is 0 Å². The number of carboxylic acid groups (broad SMARTS) is 2. The minimum absolute atomic E-state index is 0.0270. The number of aliphatic hydroxyl groups excluding tert-OH is 2. The lowest BCUT2D eigenvalue weighted by molar-refractivity contribution is -0.192. The van der Waals surface area contributed by atoms with Crippen LogP contribution in [0.4, 0.5) is 5.82 Å². The van der Waals surface area contributed by atoms with Gasteiger partial charge in [-0.05, 0) is 55.6 Å². The Labute approximate surface area is 278 Å². The Kier molecular flexibility index (Phi) is 9.87. The predicted molar refractivity (Wildman–Crippen MR) is 171 cm³/mol. The molecule has 4 aromatic rings. The number of halogens is 1. The lowest BCUT2D eigenvalue weighted by Gasteiger charge is -2.30. The van der Waals surface area contributed by atoms with Crippen molar-refractivity contribution >= 4 is 40.5 Å². The molecule has 48 heavy (non-hydrogen) atoms. The number of rotatable bonds is 13. The highest BCUT2D eigenvalue weighted by Gasteiger charge is 2.56. The molecule has 0 saturated carbocycles. The summed E-state index contributed by atoms with van der Waals surface area (Å²) in [4.78, 5) is 50.5. The van der Waals surface area contributed by atoms with Crippen LogP contribution in [0.1, 0.15) is 32.6 Å². The van der Waals surface area contributed by atoms with Crippen molar-refractivity contribution in [1.29, 1.82) is 0 Å². The van der Waals surface area contributed by atoms with Gasteiger partial charge in [-0.25, -0.2) is 14.6 Å². The van der Waals surface area contributed by atoms with E-state index in [0.29, 0.717) is 22.5 Å². The van der Waals surface area contributed by atoms with Gasteiger partial charge < -0.3 is 44.9 Å². The maximum atomic E-state index is 12.8. The number of hydrogen-bond acceptors (Lipinski definition) is 12. The molecule has 1 aliphatic heterocycles. The SMILES string of the molecule is CC(C)Nc1nc(Cl)nc2c1ncn2[C@@H]1O[C@H](COC(Cc2ccc(-c3cccn(CCO)c3=O)cc2)(C(=O)O)C(=O)O)[C@@](C)(O)[C@H]1O. The van der Waals surface area contributed by atoms with Gasteiger partial charge in [-0.2, -0.15) is 9.97 Å². The molecule has 0 amide bonds. The Bertz CT molecular complexity index is 1860. The molecule has 6 N–H and O–H groups in total. The van der Waals surface area contributed by atoms with E-state index < -0.39 is 54.6 Å². The quantitative estimate of drug-likeness (QED) is 0.0860. The Hall–Kier alpha value is -4.45. The summed E-state index contributed by atoms with van der Waals surface area (Å²) in [6, 6.07) is 9.26. The smallest absolute Gasteiger partial charge is 0.348 e. The number of carbonyl (C=O) groups is 2. The lowest BCUT2D eigenvalue weighted by Crippen LogP contribution is -2.54. The number of aliphatic carboxylic acids is 2. The second-order valence-corrected chi connectivity index (χ2v) is 12.3. The summed E-state index contributed by atoms with van der Waals surface area (Å²) in [6.45, 7) is 4.16. The maximum Gasteiger partial charge on any atom is 0.348 e. The highest BCUT2D eigenvalue weighted by atomic mass is 35.5. The zero-order chi connectivity index (χ0) is 35.0. The largest absolute Gasteiger partial charge is 0.479 e. The average Bonchev–Trinajstić information content (AvgIpc) is 3.53. The molecule has 3 aromatic heterocycles. The van der Waals surface area contributed by atoms with E-state index in [1.807, 2.05) is 13.8 Å². The summed E-state index contributed by atoms with van der Waals surface area (Å²) >= 11 is 6.14. The van der Waals surface area contributed by atoms with Crippen LogP contribution in [0, 0.1) is 0 Å². The number of nitrogens with zero attached hydrogens (tertiary/aromatic N) is 5. The van der Waals surface area contributed by atoms with Gasteiger partial charge in [0.15, 0.2) is 23.2 Å². The van der Waals surface area contributed by atoms with Gasteiger partial charge in [0, 0.05) is 30.8 Å². The second-order valence-electron chi connectivity index (χ2n) is 11.9. The number of hydrogen-bond donors (Lipinski definition) is 6. The van der Waals surface area contributed by atoms with E-state index in [1.165, 1.54) is 40.7 Å². The number of aromatic nitrogens is 5. The van der Waals surface area contributed by atoms with Crippen LogP contribution in [0.25, 0.3) is 22.3 Å². The predicted octanol–water partition coefficient (Wildman–Crippen LogP) is 1.30. The van der Waals surface area contributed by atoms with E-state index in [4.69, 9.17) is 21.1 Å². The highest BCUT2D eigenvalue weighted by molar-refractivity contribution is 6.28. The topological polar surface area (TPSA) is 231 Å². The number of pyridine rings is 1. The minimum Gasteiger partial charge on any atom is -0.479 e. The molecular formula is C31H35ClN6O10. The summed E-state index contributed by atoms with van der Waals surface area (Å²) in [5.41, 5.74) is -3.62. The second kappa shape index (κ2) is 13.6. The van der Waals surface area contributed by atoms with Gasteiger partial charge in [0.2, 0.25) is 5.28 Å².